The molecule has 5 N–H and O–H groups in total. The zero-order valence-electron chi connectivity index (χ0n) is 8.18. The van der Waals surface area contributed by atoms with Crippen LogP contribution in [0.15, 0.2) is 18.2 Å². The molecular weight excluding hydrogens is 239 g/mol. The summed E-state index contributed by atoms with van der Waals surface area (Å²) in [5.41, 5.74) is 13.4. The van der Waals surface area contributed by atoms with Gasteiger partial charge in [-0.25, -0.2) is 0 Å². The van der Waals surface area contributed by atoms with Crippen molar-refractivity contribution < 1.29 is 9.84 Å². The second kappa shape index (κ2) is 8.61. The maximum absolute atomic E-state index is 8.48. The number of hydrogen-bond donors (Lipinski definition) is 3. The zero-order valence-corrected chi connectivity index (χ0v) is 9.81. The largest absolute Gasteiger partial charge is 0.399 e. The number of aliphatic hydroxyl groups excluding tert-OH is 1. The lowest BCUT2D eigenvalue weighted by Gasteiger charge is -2.06. The first kappa shape index (κ1) is 16.7. The molecule has 0 saturated carbocycles. The average Bonchev–Trinajstić information content (AvgIpc) is 2.09. The Labute approximate surface area is 101 Å². The summed E-state index contributed by atoms with van der Waals surface area (Å²) in [6.07, 6.45) is 0. The van der Waals surface area contributed by atoms with Crippen molar-refractivity contribution >= 4 is 36.2 Å². The third-order valence-electron chi connectivity index (χ3n) is 1.66. The first-order valence-electron chi connectivity index (χ1n) is 4.06. The van der Waals surface area contributed by atoms with E-state index < -0.39 is 0 Å². The predicted octanol–water partition coefficient (Wildman–Crippen LogP) is 1.20. The van der Waals surface area contributed by atoms with E-state index in [1.54, 1.807) is 12.1 Å². The van der Waals surface area contributed by atoms with Crippen LogP contribution >= 0.6 is 24.8 Å². The summed E-state index contributed by atoms with van der Waals surface area (Å²) in [4.78, 5) is 0. The molecule has 15 heavy (non-hydrogen) atoms. The molecule has 0 saturated heterocycles. The minimum Gasteiger partial charge on any atom is -0.399 e. The number of nitrogen functional groups attached to an aromatic ring is 2. The topological polar surface area (TPSA) is 81.5 Å². The fraction of sp³-hybridized carbons (Fsp3) is 0.333. The van der Waals surface area contributed by atoms with Gasteiger partial charge in [0.2, 0.25) is 0 Å². The van der Waals surface area contributed by atoms with E-state index in [0.29, 0.717) is 24.6 Å². The molecule has 0 radical (unpaired) electrons. The van der Waals surface area contributed by atoms with Gasteiger partial charge in [0, 0.05) is 16.9 Å². The third kappa shape index (κ3) is 5.69. The van der Waals surface area contributed by atoms with Gasteiger partial charge in [0.25, 0.3) is 0 Å². The van der Waals surface area contributed by atoms with E-state index >= 15 is 0 Å². The predicted molar refractivity (Wildman–Crippen MR) is 66.5 cm³/mol. The van der Waals surface area contributed by atoms with Crippen molar-refractivity contribution in [2.45, 2.75) is 6.61 Å². The fourth-order valence-electron chi connectivity index (χ4n) is 0.992. The highest BCUT2D eigenvalue weighted by Gasteiger charge is 1.98. The van der Waals surface area contributed by atoms with Gasteiger partial charge in [-0.15, -0.1) is 24.8 Å². The minimum atomic E-state index is 0. The van der Waals surface area contributed by atoms with Crippen LogP contribution in [0, 0.1) is 0 Å². The molecule has 6 heteroatoms. The summed E-state index contributed by atoms with van der Waals surface area (Å²) in [7, 11) is 0. The van der Waals surface area contributed by atoms with Crippen LogP contribution in [0.1, 0.15) is 5.56 Å². The molecular formula is C9H16Cl2N2O2. The van der Waals surface area contributed by atoms with Crippen molar-refractivity contribution in [2.75, 3.05) is 24.7 Å². The number of ether oxygens (including phenoxy) is 1. The van der Waals surface area contributed by atoms with Gasteiger partial charge in [-0.3, -0.25) is 0 Å². The Kier molecular flexibility index (Phi) is 9.61. The van der Waals surface area contributed by atoms with Crippen LogP contribution in [-0.4, -0.2) is 18.3 Å². The molecule has 0 aliphatic carbocycles. The molecule has 0 amide bonds. The van der Waals surface area contributed by atoms with Crippen LogP contribution in [0.5, 0.6) is 0 Å². The van der Waals surface area contributed by atoms with Gasteiger partial charge in [-0.2, -0.15) is 0 Å². The second-order valence-corrected chi connectivity index (χ2v) is 2.73. The van der Waals surface area contributed by atoms with Gasteiger partial charge in [0.05, 0.1) is 19.8 Å². The SMILES string of the molecule is Cl.Cl.Nc1ccc(COCCO)c(N)c1. The van der Waals surface area contributed by atoms with Crippen molar-refractivity contribution in [2.24, 2.45) is 0 Å². The van der Waals surface area contributed by atoms with Crippen molar-refractivity contribution in [3.63, 3.8) is 0 Å². The molecule has 0 spiro atoms. The number of hydrogen-bond acceptors (Lipinski definition) is 4. The summed E-state index contributed by atoms with van der Waals surface area (Å²) in [5.74, 6) is 0. The first-order chi connectivity index (χ1) is 6.24. The summed E-state index contributed by atoms with van der Waals surface area (Å²) < 4.78 is 5.12. The molecule has 0 unspecified atom stereocenters. The van der Waals surface area contributed by atoms with Crippen molar-refractivity contribution in [3.05, 3.63) is 23.8 Å². The van der Waals surface area contributed by atoms with Crippen LogP contribution in [0.2, 0.25) is 0 Å². The summed E-state index contributed by atoms with van der Waals surface area (Å²) in [6.45, 7) is 0.755. The summed E-state index contributed by atoms with van der Waals surface area (Å²) in [6, 6.07) is 5.29. The standard InChI is InChI=1S/C9H14N2O2.2ClH/c10-8-2-1-7(9(11)5-8)6-13-4-3-12;;/h1-2,5,12H,3-4,6,10-11H2;2*1H. The average molecular weight is 255 g/mol. The van der Waals surface area contributed by atoms with Gasteiger partial charge in [0.1, 0.15) is 0 Å². The van der Waals surface area contributed by atoms with Crippen molar-refractivity contribution in [1.82, 2.24) is 0 Å². The molecule has 0 aromatic heterocycles. The Morgan fingerprint density at radius 2 is 1.87 bits per heavy atom. The van der Waals surface area contributed by atoms with Gasteiger partial charge in [-0.1, -0.05) is 6.07 Å². The van der Waals surface area contributed by atoms with Crippen LogP contribution in [0.3, 0.4) is 0 Å². The third-order valence-corrected chi connectivity index (χ3v) is 1.66. The highest BCUT2D eigenvalue weighted by molar-refractivity contribution is 5.85. The number of rotatable bonds is 4. The monoisotopic (exact) mass is 254 g/mol. The summed E-state index contributed by atoms with van der Waals surface area (Å²) >= 11 is 0. The fourth-order valence-corrected chi connectivity index (χ4v) is 0.992. The van der Waals surface area contributed by atoms with Gasteiger partial charge >= 0.3 is 0 Å². The second-order valence-electron chi connectivity index (χ2n) is 2.73. The maximum Gasteiger partial charge on any atom is 0.0738 e. The lowest BCUT2D eigenvalue weighted by Crippen LogP contribution is -2.02. The Hall–Kier alpha value is -0.680. The molecule has 0 fully saturated rings. The molecule has 0 aliphatic rings. The van der Waals surface area contributed by atoms with Gasteiger partial charge in [0.15, 0.2) is 0 Å². The highest BCUT2D eigenvalue weighted by atomic mass is 35.5. The molecule has 0 heterocycles. The van der Waals surface area contributed by atoms with E-state index in [9.17, 15) is 0 Å². The van der Waals surface area contributed by atoms with Crippen LogP contribution in [-0.2, 0) is 11.3 Å². The Balaban J connectivity index is 0. The minimum absolute atomic E-state index is 0. The zero-order chi connectivity index (χ0) is 9.68. The van der Waals surface area contributed by atoms with E-state index in [0.717, 1.165) is 5.56 Å². The van der Waals surface area contributed by atoms with Crippen LogP contribution in [0.4, 0.5) is 11.4 Å². The van der Waals surface area contributed by atoms with Gasteiger partial charge in [-0.05, 0) is 12.1 Å². The number of nitrogens with two attached hydrogens (primary N) is 2. The lowest BCUT2D eigenvalue weighted by molar-refractivity contribution is 0.0818. The quantitative estimate of drug-likeness (QED) is 0.557. The highest BCUT2D eigenvalue weighted by Crippen LogP contribution is 2.16. The number of anilines is 2. The normalized spacial score (nSPS) is 8.87. The molecule has 0 atom stereocenters. The maximum atomic E-state index is 8.48. The van der Waals surface area contributed by atoms with E-state index in [2.05, 4.69) is 0 Å². The van der Waals surface area contributed by atoms with Crippen LogP contribution < -0.4 is 11.5 Å². The van der Waals surface area contributed by atoms with E-state index in [1.807, 2.05) is 6.07 Å². The Morgan fingerprint density at radius 3 is 2.40 bits per heavy atom. The molecule has 1 rings (SSSR count). The molecule has 88 valence electrons. The molecule has 0 aliphatic heterocycles. The van der Waals surface area contributed by atoms with E-state index in [-0.39, 0.29) is 31.4 Å². The number of aliphatic hydroxyl groups is 1. The van der Waals surface area contributed by atoms with Crippen molar-refractivity contribution in [3.8, 4) is 0 Å². The van der Waals surface area contributed by atoms with Gasteiger partial charge < -0.3 is 21.3 Å². The first-order valence-corrected chi connectivity index (χ1v) is 4.06. The Bertz CT molecular complexity index is 285. The van der Waals surface area contributed by atoms with Crippen LogP contribution in [0.25, 0.3) is 0 Å². The smallest absolute Gasteiger partial charge is 0.0738 e. The van der Waals surface area contributed by atoms with E-state index in [1.165, 1.54) is 0 Å². The van der Waals surface area contributed by atoms with Crippen molar-refractivity contribution in [1.29, 1.82) is 0 Å². The Morgan fingerprint density at radius 1 is 1.20 bits per heavy atom. The number of halogens is 2. The number of benzene rings is 1. The summed E-state index contributed by atoms with van der Waals surface area (Å²) in [5, 5.41) is 8.48. The lowest BCUT2D eigenvalue weighted by atomic mass is 10.2. The molecule has 0 bridgehead atoms. The molecule has 4 nitrogen and oxygen atoms in total. The molecule has 1 aromatic carbocycles. The van der Waals surface area contributed by atoms with E-state index in [4.69, 9.17) is 21.3 Å². The molecule has 1 aromatic rings.